The smallest absolute Gasteiger partial charge is 0.416 e. The van der Waals surface area contributed by atoms with E-state index in [0.29, 0.717) is 31.2 Å². The molecule has 7 rings (SSSR count). The maximum Gasteiger partial charge on any atom is 0.416 e. The summed E-state index contributed by atoms with van der Waals surface area (Å²) in [6, 6.07) is 27.8. The molecule has 55 heavy (non-hydrogen) atoms. The van der Waals surface area contributed by atoms with Gasteiger partial charge >= 0.3 is 18.1 Å². The van der Waals surface area contributed by atoms with Crippen LogP contribution in [0.3, 0.4) is 0 Å². The molecule has 7 heteroatoms. The van der Waals surface area contributed by atoms with Crippen molar-refractivity contribution < 1.29 is 32.2 Å². The summed E-state index contributed by atoms with van der Waals surface area (Å²) in [5.74, 6) is -1.03. The van der Waals surface area contributed by atoms with E-state index in [4.69, 9.17) is 9.47 Å². The van der Waals surface area contributed by atoms with Crippen LogP contribution in [0.4, 0.5) is 13.2 Å². The quantitative estimate of drug-likeness (QED) is 0.0574. The highest BCUT2D eigenvalue weighted by Crippen LogP contribution is 2.56. The Hall–Kier alpha value is -5.43. The van der Waals surface area contributed by atoms with Gasteiger partial charge in [0, 0.05) is 16.6 Å². The number of esters is 2. The van der Waals surface area contributed by atoms with Crippen molar-refractivity contribution in [2.45, 2.75) is 77.3 Å². The zero-order chi connectivity index (χ0) is 39.4. The summed E-state index contributed by atoms with van der Waals surface area (Å²) in [6.07, 6.45) is -2.99. The van der Waals surface area contributed by atoms with Gasteiger partial charge in [0.15, 0.2) is 0 Å². The first-order chi connectivity index (χ1) is 26.0. The summed E-state index contributed by atoms with van der Waals surface area (Å²) in [6.45, 7) is 17.3. The molecule has 0 heterocycles. The fourth-order valence-corrected chi connectivity index (χ4v) is 8.33. The van der Waals surface area contributed by atoms with Crippen molar-refractivity contribution in [2.24, 2.45) is 0 Å². The highest BCUT2D eigenvalue weighted by atomic mass is 19.4. The van der Waals surface area contributed by atoms with E-state index in [1.807, 2.05) is 6.07 Å². The first kappa shape index (κ1) is 37.9. The van der Waals surface area contributed by atoms with Crippen molar-refractivity contribution in [2.75, 3.05) is 13.2 Å². The second-order valence-electron chi connectivity index (χ2n) is 16.1. The third-order valence-corrected chi connectivity index (χ3v) is 11.1. The van der Waals surface area contributed by atoms with Crippen LogP contribution >= 0.6 is 0 Å². The molecule has 0 aliphatic heterocycles. The van der Waals surface area contributed by atoms with Gasteiger partial charge in [0.05, 0.1) is 18.8 Å². The second-order valence-corrected chi connectivity index (χ2v) is 16.1. The Bertz CT molecular complexity index is 2460. The molecule has 1 aliphatic rings. The van der Waals surface area contributed by atoms with E-state index < -0.39 is 29.1 Å². The first-order valence-electron chi connectivity index (χ1n) is 18.7. The predicted octanol–water partition coefficient (Wildman–Crippen LogP) is 12.6. The maximum atomic E-state index is 14.3. The van der Waals surface area contributed by atoms with Crippen molar-refractivity contribution in [3.8, 4) is 22.3 Å². The van der Waals surface area contributed by atoms with Crippen LogP contribution in [0.5, 0.6) is 0 Å². The molecule has 0 saturated heterocycles. The highest BCUT2D eigenvalue weighted by molar-refractivity contribution is 6.25. The number of carbonyl (C=O) groups is 2. The van der Waals surface area contributed by atoms with Crippen LogP contribution in [-0.4, -0.2) is 25.2 Å². The Labute approximate surface area is 320 Å². The summed E-state index contributed by atoms with van der Waals surface area (Å²) in [7, 11) is 0. The minimum absolute atomic E-state index is 0.0104. The fraction of sp³-hybridized carbons (Fsp3) is 0.292. The molecule has 0 radical (unpaired) electrons. The molecule has 0 aromatic heterocycles. The van der Waals surface area contributed by atoms with Gasteiger partial charge in [-0.15, -0.1) is 0 Å². The van der Waals surface area contributed by atoms with Crippen LogP contribution in [0, 0.1) is 0 Å². The van der Waals surface area contributed by atoms with Crippen LogP contribution in [0.1, 0.15) is 82.6 Å². The van der Waals surface area contributed by atoms with Crippen molar-refractivity contribution in [1.82, 2.24) is 0 Å². The van der Waals surface area contributed by atoms with Crippen molar-refractivity contribution in [1.29, 1.82) is 0 Å². The van der Waals surface area contributed by atoms with E-state index in [1.54, 1.807) is 19.9 Å². The summed E-state index contributed by atoms with van der Waals surface area (Å²) in [5.41, 5.74) is 5.20. The molecule has 0 N–H and O–H groups in total. The van der Waals surface area contributed by atoms with Gasteiger partial charge in [-0.25, -0.2) is 9.59 Å². The Kier molecular flexibility index (Phi) is 9.65. The van der Waals surface area contributed by atoms with Gasteiger partial charge in [0.25, 0.3) is 0 Å². The molecule has 0 atom stereocenters. The van der Waals surface area contributed by atoms with Crippen LogP contribution in [0.15, 0.2) is 109 Å². The van der Waals surface area contributed by atoms with E-state index in [0.717, 1.165) is 44.7 Å². The van der Waals surface area contributed by atoms with E-state index in [1.165, 1.54) is 33.2 Å². The number of halogens is 3. The lowest BCUT2D eigenvalue weighted by Gasteiger charge is -2.33. The molecule has 1 aliphatic carbocycles. The highest BCUT2D eigenvalue weighted by Gasteiger charge is 2.44. The Balaban J connectivity index is 1.39. The number of rotatable bonds is 11. The van der Waals surface area contributed by atoms with Crippen LogP contribution < -0.4 is 0 Å². The average molecular weight is 743 g/mol. The van der Waals surface area contributed by atoms with Gasteiger partial charge in [0.1, 0.15) is 0 Å². The number of hydrogen-bond donors (Lipinski definition) is 0. The number of ether oxygens (including phenoxy) is 2. The van der Waals surface area contributed by atoms with Gasteiger partial charge in [-0.2, -0.15) is 13.2 Å². The van der Waals surface area contributed by atoms with Gasteiger partial charge in [-0.05, 0) is 134 Å². The summed E-state index contributed by atoms with van der Waals surface area (Å²) >= 11 is 0. The number of alkyl halides is 3. The molecule has 0 unspecified atom stereocenters. The van der Waals surface area contributed by atoms with Crippen LogP contribution in [-0.2, 0) is 36.1 Å². The lowest BCUT2D eigenvalue weighted by atomic mass is 9.70. The Morgan fingerprint density at radius 1 is 0.618 bits per heavy atom. The standard InChI is InChI=1S/C48H45F3O4/c1-28(2)44(52)54-22-8-20-47(21-9-23-55-45(53)29(3)4)40-26-31(13-17-37(40)38-19-15-34(27-41(38)47)48(49,50)51)36-16-12-30-10-11-32-24-35(46(5,6)7)25-33-14-18-39(36)43(30)42(32)33/h10-19,24-27H,1,3,8-9,20-23H2,2,4-7H3. The summed E-state index contributed by atoms with van der Waals surface area (Å²) in [5, 5.41) is 6.98. The van der Waals surface area contributed by atoms with Crippen molar-refractivity contribution in [3.63, 3.8) is 0 Å². The molecule has 0 fully saturated rings. The molecule has 4 nitrogen and oxygen atoms in total. The van der Waals surface area contributed by atoms with Crippen LogP contribution in [0.2, 0.25) is 0 Å². The molecule has 0 bridgehead atoms. The monoisotopic (exact) mass is 742 g/mol. The number of hydrogen-bond acceptors (Lipinski definition) is 4. The third kappa shape index (κ3) is 6.90. The summed E-state index contributed by atoms with van der Waals surface area (Å²) < 4.78 is 53.9. The zero-order valence-corrected chi connectivity index (χ0v) is 32.0. The van der Waals surface area contributed by atoms with E-state index >= 15 is 0 Å². The van der Waals surface area contributed by atoms with Gasteiger partial charge in [-0.1, -0.05) is 101 Å². The normalized spacial score (nSPS) is 13.6. The van der Waals surface area contributed by atoms with Gasteiger partial charge in [-0.3, -0.25) is 0 Å². The molecule has 282 valence electrons. The average Bonchev–Trinajstić information content (AvgIpc) is 3.41. The topological polar surface area (TPSA) is 52.6 Å². The fourth-order valence-electron chi connectivity index (χ4n) is 8.33. The zero-order valence-electron chi connectivity index (χ0n) is 32.0. The molecule has 6 aromatic rings. The molecule has 0 saturated carbocycles. The third-order valence-electron chi connectivity index (χ3n) is 11.1. The maximum absolute atomic E-state index is 14.3. The first-order valence-corrected chi connectivity index (χ1v) is 18.7. The number of carbonyl (C=O) groups excluding carboxylic acids is 2. The van der Waals surface area contributed by atoms with E-state index in [9.17, 15) is 22.8 Å². The minimum atomic E-state index is -4.55. The van der Waals surface area contributed by atoms with Crippen LogP contribution in [0.25, 0.3) is 54.6 Å². The summed E-state index contributed by atoms with van der Waals surface area (Å²) in [4.78, 5) is 24.6. The lowest BCUT2D eigenvalue weighted by molar-refractivity contribution is -0.139. The molecular formula is C48H45F3O4. The largest absolute Gasteiger partial charge is 0.462 e. The van der Waals surface area contributed by atoms with Gasteiger partial charge in [0.2, 0.25) is 0 Å². The minimum Gasteiger partial charge on any atom is -0.462 e. The molecule has 0 spiro atoms. The van der Waals surface area contributed by atoms with Crippen molar-refractivity contribution in [3.05, 3.63) is 131 Å². The van der Waals surface area contributed by atoms with Crippen molar-refractivity contribution >= 4 is 44.3 Å². The van der Waals surface area contributed by atoms with E-state index in [2.05, 4.69) is 94.6 Å². The Morgan fingerprint density at radius 3 is 1.69 bits per heavy atom. The van der Waals surface area contributed by atoms with E-state index in [-0.39, 0.29) is 29.8 Å². The Morgan fingerprint density at radius 2 is 1.13 bits per heavy atom. The second kappa shape index (κ2) is 14.0. The number of fused-ring (bicyclic) bond motifs is 3. The lowest BCUT2D eigenvalue weighted by Crippen LogP contribution is -2.27. The molecule has 6 aromatic carbocycles. The molecular weight excluding hydrogens is 698 g/mol. The molecule has 0 amide bonds. The van der Waals surface area contributed by atoms with Gasteiger partial charge < -0.3 is 9.47 Å². The SMILES string of the molecule is C=C(C)C(=O)OCCCC1(CCCOC(=O)C(=C)C)c2cc(-c3ccc4ccc5cc(C(C)(C)C)cc6ccc3c4c56)ccc2-c2ccc(C(F)(F)F)cc21. The number of benzene rings is 6. The predicted molar refractivity (Wildman–Crippen MR) is 216 cm³/mol.